The summed E-state index contributed by atoms with van der Waals surface area (Å²) in [7, 11) is 0. The number of nitrogens with one attached hydrogen (secondary N) is 1. The van der Waals surface area contributed by atoms with Gasteiger partial charge in [-0.2, -0.15) is 0 Å². The molecular formula is C14H19ClN2S. The fourth-order valence-corrected chi connectivity index (χ4v) is 4.28. The minimum atomic E-state index is 0.388. The summed E-state index contributed by atoms with van der Waals surface area (Å²) in [5, 5.41) is 4.62. The molecule has 0 bridgehead atoms. The number of thioether (sulfide) groups is 1. The SMILES string of the molecule is NC1CCC(NC2CCSc3ccc(Cl)cc32)C1. The Morgan fingerprint density at radius 2 is 2.17 bits per heavy atom. The Kier molecular flexibility index (Phi) is 3.85. The first-order valence-corrected chi connectivity index (χ1v) is 8.02. The zero-order chi connectivity index (χ0) is 12.5. The second-order valence-corrected chi connectivity index (χ2v) is 6.88. The molecule has 3 atom stereocenters. The van der Waals surface area contributed by atoms with Crippen LogP contribution in [-0.4, -0.2) is 17.8 Å². The van der Waals surface area contributed by atoms with Gasteiger partial charge < -0.3 is 11.1 Å². The molecule has 0 aromatic heterocycles. The van der Waals surface area contributed by atoms with Crippen molar-refractivity contribution in [2.24, 2.45) is 5.73 Å². The van der Waals surface area contributed by atoms with E-state index in [-0.39, 0.29) is 0 Å². The third kappa shape index (κ3) is 2.69. The maximum atomic E-state index is 6.12. The van der Waals surface area contributed by atoms with Gasteiger partial charge in [0, 0.05) is 28.0 Å². The van der Waals surface area contributed by atoms with Gasteiger partial charge >= 0.3 is 0 Å². The molecule has 2 aliphatic rings. The molecule has 0 saturated heterocycles. The minimum Gasteiger partial charge on any atom is -0.328 e. The van der Waals surface area contributed by atoms with Crippen molar-refractivity contribution in [3.8, 4) is 0 Å². The van der Waals surface area contributed by atoms with Gasteiger partial charge in [-0.3, -0.25) is 0 Å². The number of rotatable bonds is 2. The van der Waals surface area contributed by atoms with E-state index in [2.05, 4.69) is 17.4 Å². The number of hydrogen-bond donors (Lipinski definition) is 2. The van der Waals surface area contributed by atoms with Gasteiger partial charge in [0.1, 0.15) is 0 Å². The van der Waals surface area contributed by atoms with E-state index in [4.69, 9.17) is 17.3 Å². The van der Waals surface area contributed by atoms with Crippen molar-refractivity contribution in [2.75, 3.05) is 5.75 Å². The van der Waals surface area contributed by atoms with Crippen LogP contribution in [0.4, 0.5) is 0 Å². The predicted molar refractivity (Wildman–Crippen MR) is 78.3 cm³/mol. The Hall–Kier alpha value is -0.220. The zero-order valence-corrected chi connectivity index (χ0v) is 11.9. The van der Waals surface area contributed by atoms with E-state index in [1.165, 1.54) is 29.1 Å². The first-order valence-electron chi connectivity index (χ1n) is 6.66. The largest absolute Gasteiger partial charge is 0.328 e. The van der Waals surface area contributed by atoms with Crippen molar-refractivity contribution in [2.45, 2.75) is 48.7 Å². The summed E-state index contributed by atoms with van der Waals surface area (Å²) in [6.45, 7) is 0. The normalized spacial score (nSPS) is 31.3. The fourth-order valence-electron chi connectivity index (χ4n) is 2.99. The molecule has 3 rings (SSSR count). The smallest absolute Gasteiger partial charge is 0.0410 e. The van der Waals surface area contributed by atoms with Crippen LogP contribution in [0.25, 0.3) is 0 Å². The lowest BCUT2D eigenvalue weighted by atomic mass is 10.0. The van der Waals surface area contributed by atoms with Gasteiger partial charge in [0.25, 0.3) is 0 Å². The van der Waals surface area contributed by atoms with Crippen LogP contribution in [-0.2, 0) is 0 Å². The molecule has 0 amide bonds. The molecule has 2 nitrogen and oxygen atoms in total. The highest BCUT2D eigenvalue weighted by molar-refractivity contribution is 7.99. The van der Waals surface area contributed by atoms with Crippen molar-refractivity contribution in [1.29, 1.82) is 0 Å². The van der Waals surface area contributed by atoms with E-state index in [0.717, 1.165) is 17.9 Å². The van der Waals surface area contributed by atoms with Crippen molar-refractivity contribution >= 4 is 23.4 Å². The van der Waals surface area contributed by atoms with E-state index in [1.807, 2.05) is 17.8 Å². The minimum absolute atomic E-state index is 0.388. The first-order chi connectivity index (χ1) is 8.72. The summed E-state index contributed by atoms with van der Waals surface area (Å²) >= 11 is 8.06. The van der Waals surface area contributed by atoms with E-state index in [1.54, 1.807) is 0 Å². The van der Waals surface area contributed by atoms with Crippen LogP contribution >= 0.6 is 23.4 Å². The third-order valence-corrected chi connectivity index (χ3v) is 5.28. The molecule has 1 fully saturated rings. The molecular weight excluding hydrogens is 264 g/mol. The highest BCUT2D eigenvalue weighted by atomic mass is 35.5. The maximum absolute atomic E-state index is 6.12. The fraction of sp³-hybridized carbons (Fsp3) is 0.571. The van der Waals surface area contributed by atoms with Crippen molar-refractivity contribution in [1.82, 2.24) is 5.32 Å². The number of benzene rings is 1. The maximum Gasteiger partial charge on any atom is 0.0410 e. The van der Waals surface area contributed by atoms with Gasteiger partial charge in [0.15, 0.2) is 0 Å². The summed E-state index contributed by atoms with van der Waals surface area (Å²) in [6.07, 6.45) is 4.66. The van der Waals surface area contributed by atoms with Crippen molar-refractivity contribution in [3.05, 3.63) is 28.8 Å². The number of hydrogen-bond acceptors (Lipinski definition) is 3. The molecule has 1 saturated carbocycles. The molecule has 3 N–H and O–H groups in total. The standard InChI is InChI=1S/C14H19ClN2S/c15-9-1-4-14-12(7-9)13(5-6-18-14)17-11-3-2-10(16)8-11/h1,4,7,10-11,13,17H,2-3,5-6,8,16H2. The summed E-state index contributed by atoms with van der Waals surface area (Å²) in [5.41, 5.74) is 7.36. The number of nitrogens with two attached hydrogens (primary N) is 1. The topological polar surface area (TPSA) is 38.0 Å². The Morgan fingerprint density at radius 3 is 2.94 bits per heavy atom. The summed E-state index contributed by atoms with van der Waals surface area (Å²) in [4.78, 5) is 1.38. The van der Waals surface area contributed by atoms with Crippen LogP contribution in [0.5, 0.6) is 0 Å². The quantitative estimate of drug-likeness (QED) is 0.874. The van der Waals surface area contributed by atoms with E-state index in [9.17, 15) is 0 Å². The highest BCUT2D eigenvalue weighted by Crippen LogP contribution is 2.38. The molecule has 98 valence electrons. The predicted octanol–water partition coefficient (Wildman–Crippen LogP) is 3.35. The Balaban J connectivity index is 1.76. The third-order valence-electron chi connectivity index (χ3n) is 3.92. The Bertz CT molecular complexity index is 438. The average Bonchev–Trinajstić information content (AvgIpc) is 2.76. The van der Waals surface area contributed by atoms with Crippen LogP contribution in [0.15, 0.2) is 23.1 Å². The summed E-state index contributed by atoms with van der Waals surface area (Å²) in [6, 6.07) is 7.68. The zero-order valence-electron chi connectivity index (χ0n) is 10.4. The molecule has 1 aromatic carbocycles. The van der Waals surface area contributed by atoms with Crippen LogP contribution in [0.1, 0.15) is 37.3 Å². The molecule has 1 aromatic rings. The van der Waals surface area contributed by atoms with Crippen molar-refractivity contribution in [3.63, 3.8) is 0 Å². The van der Waals surface area contributed by atoms with Gasteiger partial charge in [0.05, 0.1) is 0 Å². The van der Waals surface area contributed by atoms with Crippen LogP contribution in [0.3, 0.4) is 0 Å². The van der Waals surface area contributed by atoms with Crippen molar-refractivity contribution < 1.29 is 0 Å². The molecule has 3 unspecified atom stereocenters. The lowest BCUT2D eigenvalue weighted by molar-refractivity contribution is 0.422. The highest BCUT2D eigenvalue weighted by Gasteiger charge is 2.27. The molecule has 0 spiro atoms. The molecule has 0 radical (unpaired) electrons. The molecule has 18 heavy (non-hydrogen) atoms. The molecule has 1 heterocycles. The first kappa shape index (κ1) is 12.8. The van der Waals surface area contributed by atoms with Gasteiger partial charge in [-0.05, 0) is 55.2 Å². The summed E-state index contributed by atoms with van der Waals surface area (Å²) in [5.74, 6) is 1.19. The average molecular weight is 283 g/mol. The van der Waals surface area contributed by atoms with E-state index >= 15 is 0 Å². The van der Waals surface area contributed by atoms with Gasteiger partial charge in [0.2, 0.25) is 0 Å². The lowest BCUT2D eigenvalue weighted by Gasteiger charge is -2.29. The van der Waals surface area contributed by atoms with Gasteiger partial charge in [-0.1, -0.05) is 11.6 Å². The molecule has 1 aliphatic carbocycles. The Labute approximate surface area is 118 Å². The van der Waals surface area contributed by atoms with Gasteiger partial charge in [-0.15, -0.1) is 11.8 Å². The Morgan fingerprint density at radius 1 is 1.28 bits per heavy atom. The molecule has 1 aliphatic heterocycles. The van der Waals surface area contributed by atoms with E-state index < -0.39 is 0 Å². The number of halogens is 1. The molecule has 4 heteroatoms. The van der Waals surface area contributed by atoms with Crippen LogP contribution in [0, 0.1) is 0 Å². The van der Waals surface area contributed by atoms with E-state index in [0.29, 0.717) is 18.1 Å². The lowest BCUT2D eigenvalue weighted by Crippen LogP contribution is -2.33. The van der Waals surface area contributed by atoms with Gasteiger partial charge in [-0.25, -0.2) is 0 Å². The van der Waals surface area contributed by atoms with Crippen LogP contribution in [0.2, 0.25) is 5.02 Å². The van der Waals surface area contributed by atoms with Crippen LogP contribution < -0.4 is 11.1 Å². The summed E-state index contributed by atoms with van der Waals surface area (Å²) < 4.78 is 0. The second-order valence-electron chi connectivity index (χ2n) is 5.31. The number of fused-ring (bicyclic) bond motifs is 1. The second kappa shape index (κ2) is 5.41. The monoisotopic (exact) mass is 282 g/mol.